The fraction of sp³-hybridized carbons (Fsp3) is 0.300. The summed E-state index contributed by atoms with van der Waals surface area (Å²) < 4.78 is 38.4. The molecule has 0 spiro atoms. The van der Waals surface area contributed by atoms with Gasteiger partial charge in [0.15, 0.2) is 5.78 Å². The number of thiophene rings is 1. The Morgan fingerprint density at radius 1 is 1.00 bits per heavy atom. The molecule has 2 heterocycles. The zero-order valence-corrected chi connectivity index (χ0v) is 15.0. The SMILES string of the molecule is O=C1C[C@H](c2ccc(C(F)(F)F)cc2)C2=C(C[C@@H](c3cccs3)CC2=O)N1. The van der Waals surface area contributed by atoms with Crippen molar-refractivity contribution in [2.75, 3.05) is 0 Å². The first-order valence-electron chi connectivity index (χ1n) is 8.59. The predicted molar refractivity (Wildman–Crippen MR) is 95.3 cm³/mol. The number of carbonyl (C=O) groups excluding carboxylic acids is 2. The Balaban J connectivity index is 1.68. The molecule has 2 atom stereocenters. The van der Waals surface area contributed by atoms with E-state index in [1.165, 1.54) is 12.1 Å². The van der Waals surface area contributed by atoms with Crippen LogP contribution in [-0.4, -0.2) is 11.7 Å². The number of hydrogen-bond acceptors (Lipinski definition) is 3. The molecular weight excluding hydrogens is 375 g/mol. The lowest BCUT2D eigenvalue weighted by Crippen LogP contribution is -2.38. The lowest BCUT2D eigenvalue weighted by atomic mass is 9.74. The van der Waals surface area contributed by atoms with Crippen molar-refractivity contribution in [3.05, 3.63) is 69.1 Å². The highest BCUT2D eigenvalue weighted by Crippen LogP contribution is 2.43. The van der Waals surface area contributed by atoms with Crippen LogP contribution in [-0.2, 0) is 15.8 Å². The molecule has 1 aromatic carbocycles. The van der Waals surface area contributed by atoms with Gasteiger partial charge in [0, 0.05) is 40.8 Å². The van der Waals surface area contributed by atoms with E-state index in [0.717, 1.165) is 17.0 Å². The van der Waals surface area contributed by atoms with Crippen molar-refractivity contribution in [1.82, 2.24) is 5.32 Å². The number of rotatable bonds is 2. The third-order valence-electron chi connectivity index (χ3n) is 5.12. The second kappa shape index (κ2) is 6.64. The number of benzene rings is 1. The Hall–Kier alpha value is -2.41. The van der Waals surface area contributed by atoms with Crippen LogP contribution in [0.4, 0.5) is 13.2 Å². The standard InChI is InChI=1S/C20H16F3NO2S/c21-20(22,23)13-5-3-11(4-6-13)14-10-18(26)24-15-8-12(9-16(25)19(14)15)17-2-1-7-27-17/h1-7,12,14H,8-10H2,(H,24,26)/t12-,14-/m1/s1. The van der Waals surface area contributed by atoms with Gasteiger partial charge in [-0.2, -0.15) is 13.2 Å². The van der Waals surface area contributed by atoms with Crippen molar-refractivity contribution in [3.63, 3.8) is 0 Å². The molecule has 0 unspecified atom stereocenters. The fourth-order valence-corrected chi connectivity index (χ4v) is 4.70. The van der Waals surface area contributed by atoms with Crippen LogP contribution in [0.15, 0.2) is 53.0 Å². The number of nitrogens with one attached hydrogen (secondary N) is 1. The first-order valence-corrected chi connectivity index (χ1v) is 9.47. The normalized spacial score (nSPS) is 23.2. The summed E-state index contributed by atoms with van der Waals surface area (Å²) in [5, 5.41) is 4.77. The summed E-state index contributed by atoms with van der Waals surface area (Å²) in [6.07, 6.45) is -3.43. The monoisotopic (exact) mass is 391 g/mol. The number of Topliss-reactive ketones (excluding diaryl/α,β-unsaturated/α-hetero) is 1. The van der Waals surface area contributed by atoms with E-state index in [9.17, 15) is 22.8 Å². The average molecular weight is 391 g/mol. The van der Waals surface area contributed by atoms with E-state index < -0.39 is 17.7 Å². The Kier molecular flexibility index (Phi) is 4.42. The molecule has 1 aliphatic carbocycles. The number of allylic oxidation sites excluding steroid dienone is 2. The predicted octanol–water partition coefficient (Wildman–Crippen LogP) is 4.77. The Morgan fingerprint density at radius 3 is 2.37 bits per heavy atom. The van der Waals surface area contributed by atoms with Crippen molar-refractivity contribution >= 4 is 23.0 Å². The summed E-state index contributed by atoms with van der Waals surface area (Å²) in [5.41, 5.74) is 0.981. The summed E-state index contributed by atoms with van der Waals surface area (Å²) in [6, 6.07) is 8.66. The molecule has 1 N–H and O–H groups in total. The van der Waals surface area contributed by atoms with Gasteiger partial charge in [0.2, 0.25) is 5.91 Å². The second-order valence-corrected chi connectivity index (χ2v) is 7.84. The molecule has 1 aromatic heterocycles. The largest absolute Gasteiger partial charge is 0.416 e. The van der Waals surface area contributed by atoms with Gasteiger partial charge in [-0.3, -0.25) is 9.59 Å². The summed E-state index contributed by atoms with van der Waals surface area (Å²) in [4.78, 5) is 26.2. The van der Waals surface area contributed by atoms with E-state index >= 15 is 0 Å². The van der Waals surface area contributed by atoms with Gasteiger partial charge in [-0.15, -0.1) is 11.3 Å². The highest BCUT2D eigenvalue weighted by molar-refractivity contribution is 7.10. The third kappa shape index (κ3) is 3.43. The van der Waals surface area contributed by atoms with E-state index in [0.29, 0.717) is 29.7 Å². The Bertz CT molecular complexity index is 914. The average Bonchev–Trinajstić information content (AvgIpc) is 3.14. The molecule has 0 radical (unpaired) electrons. The van der Waals surface area contributed by atoms with E-state index in [1.54, 1.807) is 11.3 Å². The molecule has 0 saturated carbocycles. The molecule has 0 bridgehead atoms. The molecule has 140 valence electrons. The number of ketones is 1. The molecule has 1 amide bonds. The molecule has 2 aromatic rings. The summed E-state index contributed by atoms with van der Waals surface area (Å²) in [6.45, 7) is 0. The highest BCUT2D eigenvalue weighted by Gasteiger charge is 2.39. The maximum absolute atomic E-state index is 12.9. The van der Waals surface area contributed by atoms with Crippen molar-refractivity contribution in [1.29, 1.82) is 0 Å². The van der Waals surface area contributed by atoms with Gasteiger partial charge in [-0.25, -0.2) is 0 Å². The van der Waals surface area contributed by atoms with Gasteiger partial charge < -0.3 is 5.32 Å². The lowest BCUT2D eigenvalue weighted by molar-refractivity contribution is -0.137. The topological polar surface area (TPSA) is 46.2 Å². The smallest absolute Gasteiger partial charge is 0.329 e. The fourth-order valence-electron chi connectivity index (χ4n) is 3.87. The minimum Gasteiger partial charge on any atom is -0.329 e. The van der Waals surface area contributed by atoms with Gasteiger partial charge in [-0.1, -0.05) is 18.2 Å². The highest BCUT2D eigenvalue weighted by atomic mass is 32.1. The maximum atomic E-state index is 12.9. The van der Waals surface area contributed by atoms with Crippen LogP contribution in [0.5, 0.6) is 0 Å². The molecule has 0 fully saturated rings. The zero-order chi connectivity index (χ0) is 19.2. The van der Waals surface area contributed by atoms with Crippen molar-refractivity contribution in [2.24, 2.45) is 0 Å². The van der Waals surface area contributed by atoms with Gasteiger partial charge >= 0.3 is 6.18 Å². The van der Waals surface area contributed by atoms with Crippen molar-refractivity contribution < 1.29 is 22.8 Å². The number of hydrogen-bond donors (Lipinski definition) is 1. The minimum atomic E-state index is -4.42. The molecule has 1 aliphatic heterocycles. The van der Waals surface area contributed by atoms with Gasteiger partial charge in [0.1, 0.15) is 0 Å². The quantitative estimate of drug-likeness (QED) is 0.802. The summed E-state index contributed by atoms with van der Waals surface area (Å²) >= 11 is 1.58. The number of halogens is 3. The van der Waals surface area contributed by atoms with Crippen LogP contribution in [0.25, 0.3) is 0 Å². The van der Waals surface area contributed by atoms with E-state index in [1.807, 2.05) is 17.5 Å². The summed E-state index contributed by atoms with van der Waals surface area (Å²) in [5.74, 6) is -0.714. The van der Waals surface area contributed by atoms with Crippen LogP contribution >= 0.6 is 11.3 Å². The van der Waals surface area contributed by atoms with Crippen LogP contribution in [0, 0.1) is 0 Å². The van der Waals surface area contributed by atoms with Crippen LogP contribution in [0.1, 0.15) is 47.1 Å². The minimum absolute atomic E-state index is 0.0305. The molecule has 7 heteroatoms. The Morgan fingerprint density at radius 2 is 1.74 bits per heavy atom. The first kappa shape index (κ1) is 18.0. The molecule has 3 nitrogen and oxygen atoms in total. The van der Waals surface area contributed by atoms with Crippen molar-refractivity contribution in [2.45, 2.75) is 37.3 Å². The van der Waals surface area contributed by atoms with Crippen molar-refractivity contribution in [3.8, 4) is 0 Å². The first-order chi connectivity index (χ1) is 12.8. The maximum Gasteiger partial charge on any atom is 0.416 e. The molecular formula is C20H16F3NO2S. The van der Waals surface area contributed by atoms with Gasteiger partial charge in [0.05, 0.1) is 5.56 Å². The van der Waals surface area contributed by atoms with E-state index in [4.69, 9.17) is 0 Å². The lowest BCUT2D eigenvalue weighted by Gasteiger charge is -2.34. The van der Waals surface area contributed by atoms with Crippen LogP contribution in [0.3, 0.4) is 0 Å². The molecule has 4 rings (SSSR count). The third-order valence-corrected chi connectivity index (χ3v) is 6.16. The summed E-state index contributed by atoms with van der Waals surface area (Å²) in [7, 11) is 0. The van der Waals surface area contributed by atoms with Crippen LogP contribution < -0.4 is 5.32 Å². The zero-order valence-electron chi connectivity index (χ0n) is 14.2. The van der Waals surface area contributed by atoms with Crippen LogP contribution in [0.2, 0.25) is 0 Å². The van der Waals surface area contributed by atoms with Gasteiger partial charge in [-0.05, 0) is 35.6 Å². The number of amides is 1. The molecule has 27 heavy (non-hydrogen) atoms. The molecule has 0 saturated heterocycles. The van der Waals surface area contributed by atoms with E-state index in [2.05, 4.69) is 5.32 Å². The van der Waals surface area contributed by atoms with Gasteiger partial charge in [0.25, 0.3) is 0 Å². The second-order valence-electron chi connectivity index (χ2n) is 6.86. The number of alkyl halides is 3. The molecule has 2 aliphatic rings. The van der Waals surface area contributed by atoms with E-state index in [-0.39, 0.29) is 24.0 Å². The number of carbonyl (C=O) groups is 2. The Labute approximate surface area is 157 Å².